The second-order valence-electron chi connectivity index (χ2n) is 8.53. The van der Waals surface area contributed by atoms with E-state index in [1.54, 1.807) is 38.3 Å². The molecule has 11 heteroatoms. The standard InChI is InChI=1S/C26H32N6O4S/c1-3-36-24(33)20-7-9-21(10-8-20)28-25(34)27-11-12-31-13-15-32(16-14-31)26-29-23(30-37-26)18-19-5-4-6-22(17-19)35-2/h4-10,17H,3,11-16,18H2,1-2H3,(H2,27,28,34). The highest BCUT2D eigenvalue weighted by Gasteiger charge is 2.20. The first-order valence-corrected chi connectivity index (χ1v) is 13.1. The molecule has 10 nitrogen and oxygen atoms in total. The third-order valence-corrected chi connectivity index (χ3v) is 6.78. The van der Waals surface area contributed by atoms with Crippen molar-refractivity contribution in [2.75, 3.05) is 63.2 Å². The number of methoxy groups -OCH3 is 1. The summed E-state index contributed by atoms with van der Waals surface area (Å²) in [5, 5.41) is 6.62. The second kappa shape index (κ2) is 13.0. The number of anilines is 2. The summed E-state index contributed by atoms with van der Waals surface area (Å²) in [5.41, 5.74) is 2.19. The van der Waals surface area contributed by atoms with Crippen LogP contribution in [0.15, 0.2) is 48.5 Å². The number of esters is 1. The predicted molar refractivity (Wildman–Crippen MR) is 144 cm³/mol. The van der Waals surface area contributed by atoms with Crippen molar-refractivity contribution < 1.29 is 19.1 Å². The number of nitrogens with one attached hydrogen (secondary N) is 2. The van der Waals surface area contributed by atoms with Gasteiger partial charge in [0.2, 0.25) is 5.13 Å². The number of benzene rings is 2. The molecule has 1 saturated heterocycles. The lowest BCUT2D eigenvalue weighted by atomic mass is 10.1. The van der Waals surface area contributed by atoms with Gasteiger partial charge in [-0.3, -0.25) is 4.90 Å². The van der Waals surface area contributed by atoms with E-state index < -0.39 is 0 Å². The maximum Gasteiger partial charge on any atom is 0.338 e. The van der Waals surface area contributed by atoms with E-state index in [4.69, 9.17) is 14.5 Å². The van der Waals surface area contributed by atoms with Crippen molar-refractivity contribution in [3.05, 3.63) is 65.5 Å². The zero-order valence-corrected chi connectivity index (χ0v) is 21.9. The number of urea groups is 1. The Bertz CT molecular complexity index is 1180. The first-order chi connectivity index (χ1) is 18.0. The van der Waals surface area contributed by atoms with E-state index in [9.17, 15) is 9.59 Å². The van der Waals surface area contributed by atoms with Gasteiger partial charge in [-0.2, -0.15) is 4.37 Å². The lowest BCUT2D eigenvalue weighted by Crippen LogP contribution is -2.48. The van der Waals surface area contributed by atoms with Gasteiger partial charge in [0, 0.05) is 62.9 Å². The van der Waals surface area contributed by atoms with Crippen LogP contribution in [0.3, 0.4) is 0 Å². The van der Waals surface area contributed by atoms with Gasteiger partial charge in [0.15, 0.2) is 0 Å². The molecule has 1 fully saturated rings. The largest absolute Gasteiger partial charge is 0.497 e. The molecule has 37 heavy (non-hydrogen) atoms. The first kappa shape index (κ1) is 26.4. The molecule has 3 aromatic rings. The van der Waals surface area contributed by atoms with E-state index in [-0.39, 0.29) is 12.0 Å². The molecule has 1 aliphatic rings. The average molecular weight is 525 g/mol. The van der Waals surface area contributed by atoms with Crippen LogP contribution in [0.4, 0.5) is 15.6 Å². The SMILES string of the molecule is CCOC(=O)c1ccc(NC(=O)NCCN2CCN(c3nc(Cc4cccc(OC)c4)ns3)CC2)cc1. The van der Waals surface area contributed by atoms with Crippen LogP contribution in [0.2, 0.25) is 0 Å². The van der Waals surface area contributed by atoms with Crippen LogP contribution < -0.4 is 20.3 Å². The number of rotatable bonds is 10. The molecule has 0 radical (unpaired) electrons. The highest BCUT2D eigenvalue weighted by Crippen LogP contribution is 2.21. The van der Waals surface area contributed by atoms with E-state index in [0.29, 0.717) is 30.8 Å². The molecular weight excluding hydrogens is 492 g/mol. The van der Waals surface area contributed by atoms with Gasteiger partial charge in [0.25, 0.3) is 0 Å². The Morgan fingerprint density at radius 3 is 2.59 bits per heavy atom. The van der Waals surface area contributed by atoms with E-state index >= 15 is 0 Å². The molecule has 4 rings (SSSR count). The van der Waals surface area contributed by atoms with Crippen LogP contribution in [-0.4, -0.2) is 79.2 Å². The lowest BCUT2D eigenvalue weighted by molar-refractivity contribution is 0.0526. The van der Waals surface area contributed by atoms with Crippen LogP contribution in [0.5, 0.6) is 5.75 Å². The molecule has 0 saturated carbocycles. The highest BCUT2D eigenvalue weighted by atomic mass is 32.1. The summed E-state index contributed by atoms with van der Waals surface area (Å²) < 4.78 is 14.8. The summed E-state index contributed by atoms with van der Waals surface area (Å²) in [4.78, 5) is 33.3. The van der Waals surface area contributed by atoms with Gasteiger partial charge >= 0.3 is 12.0 Å². The molecule has 196 valence electrons. The molecule has 2 N–H and O–H groups in total. The number of piperazine rings is 1. The Morgan fingerprint density at radius 1 is 1.08 bits per heavy atom. The minimum atomic E-state index is -0.376. The number of nitrogens with zero attached hydrogens (tertiary/aromatic N) is 4. The van der Waals surface area contributed by atoms with Gasteiger partial charge in [0.05, 0.1) is 19.3 Å². The predicted octanol–water partition coefficient (Wildman–Crippen LogP) is 3.26. The van der Waals surface area contributed by atoms with Crippen LogP contribution in [0.25, 0.3) is 0 Å². The van der Waals surface area contributed by atoms with Gasteiger partial charge < -0.3 is 25.0 Å². The smallest absolute Gasteiger partial charge is 0.338 e. The van der Waals surface area contributed by atoms with Gasteiger partial charge in [-0.25, -0.2) is 14.6 Å². The third kappa shape index (κ3) is 7.64. The Balaban J connectivity index is 1.15. The molecule has 0 aliphatic carbocycles. The van der Waals surface area contributed by atoms with Crippen molar-refractivity contribution in [2.45, 2.75) is 13.3 Å². The van der Waals surface area contributed by atoms with Gasteiger partial charge in [-0.15, -0.1) is 0 Å². The number of aromatic nitrogens is 2. The Kier molecular flexibility index (Phi) is 9.28. The Morgan fingerprint density at radius 2 is 1.86 bits per heavy atom. The summed E-state index contributed by atoms with van der Waals surface area (Å²) >= 11 is 1.44. The second-order valence-corrected chi connectivity index (χ2v) is 9.26. The molecule has 0 bridgehead atoms. The molecule has 0 unspecified atom stereocenters. The number of hydrogen-bond donors (Lipinski definition) is 2. The maximum atomic E-state index is 12.2. The zero-order valence-electron chi connectivity index (χ0n) is 21.1. The minimum absolute atomic E-state index is 0.278. The fourth-order valence-electron chi connectivity index (χ4n) is 3.98. The van der Waals surface area contributed by atoms with Crippen LogP contribution in [0.1, 0.15) is 28.7 Å². The Labute approximate surface area is 220 Å². The molecule has 1 aromatic heterocycles. The fraction of sp³-hybridized carbons (Fsp3) is 0.385. The molecule has 0 atom stereocenters. The van der Waals surface area contributed by atoms with Crippen molar-refractivity contribution in [3.63, 3.8) is 0 Å². The summed E-state index contributed by atoms with van der Waals surface area (Å²) in [6, 6.07) is 14.3. The number of hydrogen-bond acceptors (Lipinski definition) is 9. The zero-order chi connectivity index (χ0) is 26.0. The summed E-state index contributed by atoms with van der Waals surface area (Å²) in [6.45, 7) is 6.91. The van der Waals surface area contributed by atoms with Gasteiger partial charge in [-0.1, -0.05) is 12.1 Å². The monoisotopic (exact) mass is 524 g/mol. The molecular formula is C26H32N6O4S. The highest BCUT2D eigenvalue weighted by molar-refractivity contribution is 7.09. The quantitative estimate of drug-likeness (QED) is 0.389. The van der Waals surface area contributed by atoms with E-state index in [0.717, 1.165) is 55.0 Å². The number of carbonyl (C=O) groups is 2. The molecule has 2 amide bonds. The maximum absolute atomic E-state index is 12.2. The summed E-state index contributed by atoms with van der Waals surface area (Å²) in [5.74, 6) is 1.28. The van der Waals surface area contributed by atoms with Crippen molar-refractivity contribution in [3.8, 4) is 5.75 Å². The first-order valence-electron chi connectivity index (χ1n) is 12.3. The average Bonchev–Trinajstić information content (AvgIpc) is 3.38. The third-order valence-electron chi connectivity index (χ3n) is 5.96. The normalized spacial score (nSPS) is 13.7. The Hall–Kier alpha value is -3.70. The van der Waals surface area contributed by atoms with Crippen molar-refractivity contribution in [1.82, 2.24) is 19.6 Å². The number of amides is 2. The summed E-state index contributed by atoms with van der Waals surface area (Å²) in [7, 11) is 1.66. The number of ether oxygens (including phenoxy) is 2. The van der Waals surface area contributed by atoms with Crippen LogP contribution >= 0.6 is 11.5 Å². The van der Waals surface area contributed by atoms with Gasteiger partial charge in [0.1, 0.15) is 11.6 Å². The van der Waals surface area contributed by atoms with Crippen molar-refractivity contribution in [1.29, 1.82) is 0 Å². The molecule has 0 spiro atoms. The lowest BCUT2D eigenvalue weighted by Gasteiger charge is -2.34. The van der Waals surface area contributed by atoms with E-state index in [1.807, 2.05) is 18.2 Å². The van der Waals surface area contributed by atoms with Crippen LogP contribution in [0, 0.1) is 0 Å². The topological polar surface area (TPSA) is 109 Å². The molecule has 1 aliphatic heterocycles. The fourth-order valence-corrected chi connectivity index (χ4v) is 4.72. The number of carbonyl (C=O) groups excluding carboxylic acids is 2. The van der Waals surface area contributed by atoms with Crippen molar-refractivity contribution >= 4 is 34.4 Å². The molecule has 2 aromatic carbocycles. The van der Waals surface area contributed by atoms with E-state index in [2.05, 4.69) is 30.9 Å². The van der Waals surface area contributed by atoms with Crippen LogP contribution in [-0.2, 0) is 11.2 Å². The van der Waals surface area contributed by atoms with E-state index in [1.165, 1.54) is 11.5 Å². The van der Waals surface area contributed by atoms with Gasteiger partial charge in [-0.05, 0) is 48.9 Å². The summed E-state index contributed by atoms with van der Waals surface area (Å²) in [6.07, 6.45) is 0.678. The molecule has 2 heterocycles. The minimum Gasteiger partial charge on any atom is -0.497 e. The van der Waals surface area contributed by atoms with Crippen molar-refractivity contribution in [2.24, 2.45) is 0 Å².